The van der Waals surface area contributed by atoms with E-state index in [1.54, 1.807) is 12.1 Å². The number of hydrogen-bond acceptors (Lipinski definition) is 3. The molecule has 0 N–H and O–H groups in total. The van der Waals surface area contributed by atoms with Gasteiger partial charge in [-0.3, -0.25) is 0 Å². The van der Waals surface area contributed by atoms with Crippen molar-refractivity contribution < 1.29 is 27.1 Å². The molecule has 0 unspecified atom stereocenters. The highest BCUT2D eigenvalue weighted by Crippen LogP contribution is 2.39. The van der Waals surface area contributed by atoms with Gasteiger partial charge in [-0.1, -0.05) is 32.0 Å². The number of esters is 1. The molecular weight excluding hydrogens is 333 g/mol. The van der Waals surface area contributed by atoms with Gasteiger partial charge in [0.1, 0.15) is 11.4 Å². The predicted octanol–water partition coefficient (Wildman–Crippen LogP) is 5.43. The fraction of sp³-hybridized carbons (Fsp3) is 0.211. The maximum absolute atomic E-state index is 14.2. The van der Waals surface area contributed by atoms with E-state index in [1.807, 2.05) is 13.8 Å². The summed E-state index contributed by atoms with van der Waals surface area (Å²) in [7, 11) is 1.22. The van der Waals surface area contributed by atoms with Gasteiger partial charge in [0.05, 0.1) is 7.11 Å². The highest BCUT2D eigenvalue weighted by atomic mass is 19.2. The second-order valence-corrected chi connectivity index (χ2v) is 5.92. The fourth-order valence-corrected chi connectivity index (χ4v) is 2.92. The fourth-order valence-electron chi connectivity index (χ4n) is 2.92. The van der Waals surface area contributed by atoms with E-state index in [2.05, 4.69) is 0 Å². The van der Waals surface area contributed by atoms with Gasteiger partial charge >= 0.3 is 5.97 Å². The van der Waals surface area contributed by atoms with Crippen LogP contribution in [0.1, 0.15) is 35.9 Å². The normalized spacial score (nSPS) is 11.3. The van der Waals surface area contributed by atoms with Crippen molar-refractivity contribution in [2.75, 3.05) is 7.11 Å². The summed E-state index contributed by atoms with van der Waals surface area (Å²) in [5.41, 5.74) is 0.658. The van der Waals surface area contributed by atoms with E-state index in [-0.39, 0.29) is 28.4 Å². The molecule has 3 aromatic rings. The lowest BCUT2D eigenvalue weighted by Gasteiger charge is -2.07. The second kappa shape index (κ2) is 6.27. The Bertz CT molecular complexity index is 974. The Labute approximate surface area is 142 Å². The highest BCUT2D eigenvalue weighted by Gasteiger charge is 2.26. The first-order chi connectivity index (χ1) is 11.8. The van der Waals surface area contributed by atoms with Gasteiger partial charge in [0.2, 0.25) is 5.76 Å². The van der Waals surface area contributed by atoms with Crippen LogP contribution in [0.2, 0.25) is 0 Å². The van der Waals surface area contributed by atoms with E-state index in [9.17, 15) is 18.0 Å². The minimum atomic E-state index is -1.30. The maximum atomic E-state index is 14.2. The summed E-state index contributed by atoms with van der Waals surface area (Å²) in [5.74, 6) is -4.14. The number of rotatable bonds is 3. The van der Waals surface area contributed by atoms with Crippen LogP contribution in [-0.2, 0) is 4.74 Å². The maximum Gasteiger partial charge on any atom is 0.374 e. The van der Waals surface area contributed by atoms with Crippen molar-refractivity contribution >= 4 is 16.9 Å². The van der Waals surface area contributed by atoms with Crippen molar-refractivity contribution in [2.45, 2.75) is 19.8 Å². The molecule has 0 fully saturated rings. The minimum absolute atomic E-state index is 0.00256. The van der Waals surface area contributed by atoms with Crippen LogP contribution < -0.4 is 0 Å². The lowest BCUT2D eigenvalue weighted by Crippen LogP contribution is -2.03. The van der Waals surface area contributed by atoms with Crippen LogP contribution in [0.4, 0.5) is 13.2 Å². The lowest BCUT2D eigenvalue weighted by atomic mass is 9.96. The number of para-hydroxylation sites is 1. The molecule has 0 radical (unpaired) electrons. The summed E-state index contributed by atoms with van der Waals surface area (Å²) in [6, 6.07) is 6.16. The number of hydrogen-bond donors (Lipinski definition) is 0. The van der Waals surface area contributed by atoms with E-state index in [0.29, 0.717) is 17.0 Å². The molecule has 3 rings (SSSR count). The quantitative estimate of drug-likeness (QED) is 0.468. The topological polar surface area (TPSA) is 39.4 Å². The van der Waals surface area contributed by atoms with Gasteiger partial charge < -0.3 is 9.15 Å². The van der Waals surface area contributed by atoms with Crippen molar-refractivity contribution in [1.29, 1.82) is 0 Å². The van der Waals surface area contributed by atoms with E-state index in [4.69, 9.17) is 9.15 Å². The summed E-state index contributed by atoms with van der Waals surface area (Å²) < 4.78 is 51.8. The van der Waals surface area contributed by atoms with Crippen molar-refractivity contribution in [3.8, 4) is 11.1 Å². The Hall–Kier alpha value is -2.76. The number of carbonyl (C=O) groups excluding carboxylic acids is 1. The molecule has 3 nitrogen and oxygen atoms in total. The Kier molecular flexibility index (Phi) is 4.29. The molecule has 0 aliphatic rings. The summed E-state index contributed by atoms with van der Waals surface area (Å²) in [6.07, 6.45) is 0. The van der Waals surface area contributed by atoms with E-state index in [1.165, 1.54) is 13.2 Å². The molecule has 1 aromatic heterocycles. The van der Waals surface area contributed by atoms with Gasteiger partial charge in [0.25, 0.3) is 0 Å². The summed E-state index contributed by atoms with van der Waals surface area (Å²) in [4.78, 5) is 12.0. The average molecular weight is 348 g/mol. The van der Waals surface area contributed by atoms with Gasteiger partial charge in [-0.25, -0.2) is 18.0 Å². The Morgan fingerprint density at radius 3 is 2.48 bits per heavy atom. The van der Waals surface area contributed by atoms with Crippen molar-refractivity contribution in [1.82, 2.24) is 0 Å². The number of benzene rings is 2. The minimum Gasteiger partial charge on any atom is -0.463 e. The zero-order valence-corrected chi connectivity index (χ0v) is 13.8. The van der Waals surface area contributed by atoms with Crippen LogP contribution in [-0.4, -0.2) is 13.1 Å². The first-order valence-corrected chi connectivity index (χ1v) is 7.63. The molecule has 0 amide bonds. The first-order valence-electron chi connectivity index (χ1n) is 7.63. The van der Waals surface area contributed by atoms with Crippen LogP contribution in [0, 0.1) is 17.5 Å². The number of fused-ring (bicyclic) bond motifs is 1. The average Bonchev–Trinajstić information content (AvgIpc) is 2.97. The number of carbonyl (C=O) groups is 1. The Morgan fingerprint density at radius 1 is 1.12 bits per heavy atom. The third-order valence-corrected chi connectivity index (χ3v) is 3.99. The van der Waals surface area contributed by atoms with Crippen LogP contribution in [0.5, 0.6) is 0 Å². The number of halogens is 3. The predicted molar refractivity (Wildman–Crippen MR) is 87.0 cm³/mol. The number of furan rings is 1. The summed E-state index contributed by atoms with van der Waals surface area (Å²) in [5, 5.41) is 0.567. The third-order valence-electron chi connectivity index (χ3n) is 3.99. The third kappa shape index (κ3) is 2.77. The van der Waals surface area contributed by atoms with E-state index >= 15 is 0 Å². The Morgan fingerprint density at radius 2 is 1.84 bits per heavy atom. The van der Waals surface area contributed by atoms with Crippen LogP contribution in [0.3, 0.4) is 0 Å². The van der Waals surface area contributed by atoms with Gasteiger partial charge in [-0.2, -0.15) is 0 Å². The van der Waals surface area contributed by atoms with Crippen molar-refractivity contribution in [3.63, 3.8) is 0 Å². The highest BCUT2D eigenvalue weighted by molar-refractivity contribution is 6.01. The van der Waals surface area contributed by atoms with Crippen molar-refractivity contribution in [3.05, 3.63) is 59.1 Å². The number of methoxy groups -OCH3 is 1. The monoisotopic (exact) mass is 348 g/mol. The molecule has 0 aliphatic heterocycles. The SMILES string of the molecule is COC(=O)c1oc2c(-c3cc(F)cc(F)c3F)cccc2c1C(C)C. The van der Waals surface area contributed by atoms with Crippen LogP contribution in [0.15, 0.2) is 34.7 Å². The molecule has 130 valence electrons. The molecular formula is C19H15F3O3. The lowest BCUT2D eigenvalue weighted by molar-refractivity contribution is 0.0565. The standard InChI is InChI=1S/C19H15F3O3/c1-9(2)15-12-6-4-5-11(17(12)25-18(15)19(23)24-3)13-7-10(20)8-14(21)16(13)22/h4-9H,1-3H3. The van der Waals surface area contributed by atoms with E-state index < -0.39 is 23.4 Å². The molecule has 0 spiro atoms. The molecule has 0 atom stereocenters. The van der Waals surface area contributed by atoms with E-state index in [0.717, 1.165) is 6.07 Å². The summed E-state index contributed by atoms with van der Waals surface area (Å²) >= 11 is 0. The summed E-state index contributed by atoms with van der Waals surface area (Å²) in [6.45, 7) is 3.73. The van der Waals surface area contributed by atoms with Gasteiger partial charge in [-0.15, -0.1) is 0 Å². The number of ether oxygens (including phenoxy) is 1. The first kappa shape index (κ1) is 17.1. The molecule has 0 bridgehead atoms. The van der Waals surface area contributed by atoms with Gasteiger partial charge in [0, 0.05) is 28.1 Å². The molecule has 25 heavy (non-hydrogen) atoms. The molecule has 0 saturated carbocycles. The zero-order valence-electron chi connectivity index (χ0n) is 13.8. The molecule has 2 aromatic carbocycles. The van der Waals surface area contributed by atoms with Crippen LogP contribution >= 0.6 is 0 Å². The van der Waals surface area contributed by atoms with Crippen molar-refractivity contribution in [2.24, 2.45) is 0 Å². The van der Waals surface area contributed by atoms with Crippen LogP contribution in [0.25, 0.3) is 22.1 Å². The zero-order chi connectivity index (χ0) is 18.3. The van der Waals surface area contributed by atoms with Gasteiger partial charge in [0.15, 0.2) is 11.6 Å². The molecule has 1 heterocycles. The largest absolute Gasteiger partial charge is 0.463 e. The molecule has 6 heteroatoms. The smallest absolute Gasteiger partial charge is 0.374 e. The van der Waals surface area contributed by atoms with Gasteiger partial charge in [-0.05, 0) is 12.0 Å². The molecule has 0 aliphatic carbocycles. The Balaban J connectivity index is 2.38. The molecule has 0 saturated heterocycles. The second-order valence-electron chi connectivity index (χ2n) is 5.92.